The molecular weight excluding hydrogens is 717 g/mol. The Morgan fingerprint density at radius 1 is 0.421 bits per heavy atom. The van der Waals surface area contributed by atoms with Crippen molar-refractivity contribution < 1.29 is 38.1 Å². The van der Waals surface area contributed by atoms with E-state index >= 15 is 0 Å². The summed E-state index contributed by atoms with van der Waals surface area (Å²) in [4.78, 5) is 50.5. The summed E-state index contributed by atoms with van der Waals surface area (Å²) < 4.78 is 22.4. The SMILES string of the molecule is CCCCCCCCOc1ccc(/C=C/C(=O)Oc2ccc(C(=O)CC(=O)c3ccc(OC(=O)/C=C/c4ccc(OCCCCCCCC)cc4)cc3)cc2)cc1. The molecule has 0 aliphatic carbocycles. The van der Waals surface area contributed by atoms with E-state index in [-0.39, 0.29) is 29.5 Å². The zero-order valence-electron chi connectivity index (χ0n) is 33.4. The molecule has 0 saturated heterocycles. The number of ether oxygens (including phenoxy) is 4. The molecule has 0 saturated carbocycles. The third-order valence-corrected chi connectivity index (χ3v) is 9.23. The Morgan fingerprint density at radius 2 is 0.754 bits per heavy atom. The van der Waals surface area contributed by atoms with Crippen LogP contribution in [0.15, 0.2) is 109 Å². The second-order valence-corrected chi connectivity index (χ2v) is 14.0. The van der Waals surface area contributed by atoms with Crippen molar-refractivity contribution in [3.8, 4) is 23.0 Å². The molecule has 0 bridgehead atoms. The normalized spacial score (nSPS) is 11.1. The molecule has 0 aliphatic heterocycles. The molecule has 0 aliphatic rings. The molecule has 0 N–H and O–H groups in total. The molecule has 0 unspecified atom stereocenters. The van der Waals surface area contributed by atoms with E-state index < -0.39 is 11.9 Å². The maximum absolute atomic E-state index is 12.9. The lowest BCUT2D eigenvalue weighted by atomic mass is 10.0. The summed E-state index contributed by atoms with van der Waals surface area (Å²) >= 11 is 0. The summed E-state index contributed by atoms with van der Waals surface area (Å²) in [5.41, 5.74) is 2.28. The first-order valence-electron chi connectivity index (χ1n) is 20.3. The van der Waals surface area contributed by atoms with Crippen LogP contribution in [-0.4, -0.2) is 36.7 Å². The highest BCUT2D eigenvalue weighted by Gasteiger charge is 2.15. The van der Waals surface area contributed by atoms with Gasteiger partial charge in [-0.05, 0) is 109 Å². The lowest BCUT2D eigenvalue weighted by Crippen LogP contribution is -2.09. The summed E-state index contributed by atoms with van der Waals surface area (Å²) in [6.07, 6.45) is 20.1. The van der Waals surface area contributed by atoms with Crippen LogP contribution in [0, 0.1) is 0 Å². The Hall–Kier alpha value is -5.76. The van der Waals surface area contributed by atoms with Gasteiger partial charge < -0.3 is 18.9 Å². The van der Waals surface area contributed by atoms with Crippen molar-refractivity contribution in [3.63, 3.8) is 0 Å². The lowest BCUT2D eigenvalue weighted by Gasteiger charge is -2.06. The van der Waals surface area contributed by atoms with Crippen LogP contribution >= 0.6 is 0 Å². The summed E-state index contributed by atoms with van der Waals surface area (Å²) in [5.74, 6) is 0.245. The van der Waals surface area contributed by atoms with Crippen LogP contribution in [0.3, 0.4) is 0 Å². The van der Waals surface area contributed by atoms with Crippen molar-refractivity contribution in [2.45, 2.75) is 97.3 Å². The molecule has 4 rings (SSSR count). The number of hydrogen-bond donors (Lipinski definition) is 0. The van der Waals surface area contributed by atoms with Crippen molar-refractivity contribution in [3.05, 3.63) is 131 Å². The number of esters is 2. The third kappa shape index (κ3) is 17.3. The average molecular weight is 773 g/mol. The molecule has 0 radical (unpaired) electrons. The van der Waals surface area contributed by atoms with E-state index in [2.05, 4.69) is 13.8 Å². The fourth-order valence-electron chi connectivity index (χ4n) is 5.89. The minimum atomic E-state index is -0.563. The third-order valence-electron chi connectivity index (χ3n) is 9.23. The molecule has 0 heterocycles. The van der Waals surface area contributed by atoms with Crippen molar-refractivity contribution in [2.75, 3.05) is 13.2 Å². The van der Waals surface area contributed by atoms with Gasteiger partial charge in [0, 0.05) is 23.3 Å². The zero-order chi connectivity index (χ0) is 40.5. The Balaban J connectivity index is 1.14. The summed E-state index contributed by atoms with van der Waals surface area (Å²) in [6, 6.07) is 27.1. The molecule has 57 heavy (non-hydrogen) atoms. The van der Waals surface area contributed by atoms with E-state index in [0.717, 1.165) is 35.5 Å². The first-order valence-corrected chi connectivity index (χ1v) is 20.3. The van der Waals surface area contributed by atoms with Crippen molar-refractivity contribution in [1.29, 1.82) is 0 Å². The molecule has 4 aromatic rings. The molecule has 0 spiro atoms. The first kappa shape index (κ1) is 44.0. The standard InChI is InChI=1S/C49H56O8/c1-3-5-7-9-11-13-35-54-42-25-15-38(16-26-42)19-33-48(52)56-44-29-21-40(22-30-44)46(50)37-47(51)41-23-31-45(32-24-41)57-49(53)34-20-39-17-27-43(28-18-39)55-36-14-12-10-8-6-4-2/h15-34H,3-14,35-37H2,1-2H3/b33-19+,34-20+. The van der Waals surface area contributed by atoms with Crippen LogP contribution in [-0.2, 0) is 9.59 Å². The maximum Gasteiger partial charge on any atom is 0.336 e. The first-order chi connectivity index (χ1) is 27.8. The van der Waals surface area contributed by atoms with E-state index in [1.165, 1.54) is 125 Å². The van der Waals surface area contributed by atoms with Gasteiger partial charge in [-0.2, -0.15) is 0 Å². The van der Waals surface area contributed by atoms with Gasteiger partial charge in [0.1, 0.15) is 23.0 Å². The van der Waals surface area contributed by atoms with Crippen LogP contribution < -0.4 is 18.9 Å². The van der Waals surface area contributed by atoms with Crippen molar-refractivity contribution >= 4 is 35.7 Å². The number of Topliss-reactive ketones (excluding diaryl/α,β-unsaturated/α-hetero) is 2. The van der Waals surface area contributed by atoms with Gasteiger partial charge in [-0.25, -0.2) is 9.59 Å². The fourth-order valence-corrected chi connectivity index (χ4v) is 5.89. The highest BCUT2D eigenvalue weighted by atomic mass is 16.5. The van der Waals surface area contributed by atoms with Crippen LogP contribution in [0.2, 0.25) is 0 Å². The van der Waals surface area contributed by atoms with Gasteiger partial charge in [-0.3, -0.25) is 9.59 Å². The molecule has 0 fully saturated rings. The monoisotopic (exact) mass is 772 g/mol. The largest absolute Gasteiger partial charge is 0.494 e. The van der Waals surface area contributed by atoms with E-state index in [0.29, 0.717) is 24.3 Å². The lowest BCUT2D eigenvalue weighted by molar-refractivity contribution is -0.129. The topological polar surface area (TPSA) is 105 Å². The zero-order valence-corrected chi connectivity index (χ0v) is 33.4. The number of hydrogen-bond acceptors (Lipinski definition) is 8. The van der Waals surface area contributed by atoms with Crippen LogP contribution in [0.25, 0.3) is 12.2 Å². The van der Waals surface area contributed by atoms with Gasteiger partial charge in [-0.1, -0.05) is 102 Å². The average Bonchev–Trinajstić information content (AvgIpc) is 3.23. The number of carbonyl (C=O) groups excluding carboxylic acids is 4. The smallest absolute Gasteiger partial charge is 0.336 e. The minimum absolute atomic E-state index is 0.271. The Morgan fingerprint density at radius 3 is 1.12 bits per heavy atom. The predicted octanol–water partition coefficient (Wildman–Crippen LogP) is 11.9. The number of ketones is 2. The fraction of sp³-hybridized carbons (Fsp3) is 0.347. The number of rotatable bonds is 26. The van der Waals surface area contributed by atoms with E-state index in [4.69, 9.17) is 18.9 Å². The van der Waals surface area contributed by atoms with Gasteiger partial charge in [0.15, 0.2) is 11.6 Å². The molecule has 0 amide bonds. The van der Waals surface area contributed by atoms with Crippen LogP contribution in [0.1, 0.15) is 129 Å². The summed E-state index contributed by atoms with van der Waals surface area (Å²) in [7, 11) is 0. The van der Waals surface area contributed by atoms with Crippen LogP contribution in [0.5, 0.6) is 23.0 Å². The molecule has 300 valence electrons. The van der Waals surface area contributed by atoms with Gasteiger partial charge in [0.05, 0.1) is 19.6 Å². The Labute approximate surface area is 337 Å². The summed E-state index contributed by atoms with van der Waals surface area (Å²) in [5, 5.41) is 0. The minimum Gasteiger partial charge on any atom is -0.494 e. The molecule has 4 aromatic carbocycles. The molecule has 8 nitrogen and oxygen atoms in total. The molecule has 8 heteroatoms. The molecule has 0 aromatic heterocycles. The molecule has 0 atom stereocenters. The van der Waals surface area contributed by atoms with Gasteiger partial charge in [0.25, 0.3) is 0 Å². The quantitative estimate of drug-likeness (QED) is 0.0155. The maximum atomic E-state index is 12.9. The van der Waals surface area contributed by atoms with Gasteiger partial charge >= 0.3 is 11.9 Å². The van der Waals surface area contributed by atoms with Crippen molar-refractivity contribution in [2.24, 2.45) is 0 Å². The second kappa shape index (κ2) is 25.4. The van der Waals surface area contributed by atoms with Gasteiger partial charge in [0.2, 0.25) is 0 Å². The predicted molar refractivity (Wildman–Crippen MR) is 226 cm³/mol. The van der Waals surface area contributed by atoms with Gasteiger partial charge in [-0.15, -0.1) is 0 Å². The Bertz CT molecular complexity index is 1730. The highest BCUT2D eigenvalue weighted by Crippen LogP contribution is 2.20. The number of unbranched alkanes of at least 4 members (excludes halogenated alkanes) is 10. The second-order valence-electron chi connectivity index (χ2n) is 14.0. The number of benzene rings is 4. The molecular formula is C49H56O8. The van der Waals surface area contributed by atoms with E-state index in [1.807, 2.05) is 48.5 Å². The number of carbonyl (C=O) groups is 4. The van der Waals surface area contributed by atoms with E-state index in [1.54, 1.807) is 12.2 Å². The Kier molecular flexibility index (Phi) is 19.6. The van der Waals surface area contributed by atoms with Crippen LogP contribution in [0.4, 0.5) is 0 Å². The van der Waals surface area contributed by atoms with Crippen molar-refractivity contribution in [1.82, 2.24) is 0 Å². The highest BCUT2D eigenvalue weighted by molar-refractivity contribution is 6.13. The van der Waals surface area contributed by atoms with E-state index in [9.17, 15) is 19.2 Å². The summed E-state index contributed by atoms with van der Waals surface area (Å²) in [6.45, 7) is 5.80.